The first-order valence-corrected chi connectivity index (χ1v) is 10.8. The average Bonchev–Trinajstić information content (AvgIpc) is 3.16. The first-order valence-electron chi connectivity index (χ1n) is 10.8. The van der Waals surface area contributed by atoms with E-state index in [4.69, 9.17) is 4.89 Å². The van der Waals surface area contributed by atoms with Gasteiger partial charge >= 0.3 is 0 Å². The van der Waals surface area contributed by atoms with Crippen molar-refractivity contribution in [2.75, 3.05) is 0 Å². The van der Waals surface area contributed by atoms with Crippen molar-refractivity contribution in [3.05, 3.63) is 0 Å². The molecule has 146 valence electrons. The SMILES string of the molecule is CC(=O)[C@H]1CCC2C3C[C@@H]4C[C@@]45C[C@@H](OO[O-])CC[C@]5(C)C3CC[C@@]21C. The Hall–Kier alpha value is -0.450. The van der Waals surface area contributed by atoms with Gasteiger partial charge in [0.1, 0.15) is 5.78 Å². The van der Waals surface area contributed by atoms with Crippen LogP contribution in [0.2, 0.25) is 0 Å². The summed E-state index contributed by atoms with van der Waals surface area (Å²) in [5.41, 5.74) is 1.02. The van der Waals surface area contributed by atoms with Gasteiger partial charge in [-0.15, -0.1) is 0 Å². The molecule has 4 heteroatoms. The minimum absolute atomic E-state index is 0.00967. The van der Waals surface area contributed by atoms with Crippen LogP contribution in [0.3, 0.4) is 0 Å². The number of carbonyl (C=O) groups is 1. The summed E-state index contributed by atoms with van der Waals surface area (Å²) in [5, 5.41) is 14.3. The van der Waals surface area contributed by atoms with Crippen molar-refractivity contribution in [3.63, 3.8) is 0 Å². The Morgan fingerprint density at radius 2 is 1.85 bits per heavy atom. The Bertz CT molecular complexity index is 619. The van der Waals surface area contributed by atoms with Gasteiger partial charge in [0, 0.05) is 5.92 Å². The highest BCUT2D eigenvalue weighted by molar-refractivity contribution is 5.79. The van der Waals surface area contributed by atoms with E-state index in [9.17, 15) is 10.1 Å². The molecule has 3 unspecified atom stereocenters. The summed E-state index contributed by atoms with van der Waals surface area (Å²) < 4.78 is 0. The van der Waals surface area contributed by atoms with Crippen LogP contribution in [0.4, 0.5) is 0 Å². The molecule has 0 saturated heterocycles. The lowest BCUT2D eigenvalue weighted by atomic mass is 9.44. The van der Waals surface area contributed by atoms with Gasteiger partial charge in [-0.2, -0.15) is 0 Å². The van der Waals surface area contributed by atoms with Gasteiger partial charge in [-0.25, -0.2) is 4.89 Å². The summed E-state index contributed by atoms with van der Waals surface area (Å²) in [4.78, 5) is 17.3. The maximum absolute atomic E-state index is 12.3. The summed E-state index contributed by atoms with van der Waals surface area (Å²) >= 11 is 0. The highest BCUT2D eigenvalue weighted by Gasteiger charge is 2.74. The van der Waals surface area contributed by atoms with Crippen molar-refractivity contribution >= 4 is 5.78 Å². The number of hydrogen-bond donors (Lipinski definition) is 0. The van der Waals surface area contributed by atoms with Gasteiger partial charge in [0.2, 0.25) is 0 Å². The lowest BCUT2D eigenvalue weighted by molar-refractivity contribution is -0.805. The van der Waals surface area contributed by atoms with E-state index in [0.717, 1.165) is 49.4 Å². The van der Waals surface area contributed by atoms with Gasteiger partial charge in [-0.1, -0.05) is 13.8 Å². The molecule has 9 atom stereocenters. The normalized spacial score (nSPS) is 57.5. The molecule has 5 aliphatic rings. The molecule has 4 nitrogen and oxygen atoms in total. The first-order chi connectivity index (χ1) is 12.4. The van der Waals surface area contributed by atoms with Gasteiger partial charge in [0.15, 0.2) is 0 Å². The van der Waals surface area contributed by atoms with Crippen molar-refractivity contribution in [2.24, 2.45) is 45.8 Å². The molecular weight excluding hydrogens is 328 g/mol. The molecule has 0 N–H and O–H groups in total. The van der Waals surface area contributed by atoms with Gasteiger partial charge in [-0.3, -0.25) is 9.83 Å². The number of rotatable bonds is 3. The molecule has 5 rings (SSSR count). The van der Waals surface area contributed by atoms with E-state index in [1.165, 1.54) is 32.1 Å². The van der Waals surface area contributed by atoms with Crippen LogP contribution in [0.25, 0.3) is 0 Å². The Balaban J connectivity index is 1.44. The standard InChI is InChI=1S/C22H34O4/c1-13(23)17-4-5-18-16-10-14-11-22(14)12-15(25-26-24)6-9-21(22,3)19(16)7-8-20(17,18)2/h14-19,24H,4-12H2,1-3H3/p-1/t14-,15+,16?,17-,18?,19?,20-,21-,22-/m1/s1. The number of fused-ring (bicyclic) bond motifs is 4. The van der Waals surface area contributed by atoms with E-state index in [2.05, 4.69) is 18.9 Å². The minimum Gasteiger partial charge on any atom is -0.692 e. The summed E-state index contributed by atoms with van der Waals surface area (Å²) in [6.07, 6.45) is 10.7. The van der Waals surface area contributed by atoms with Crippen LogP contribution in [0.15, 0.2) is 0 Å². The summed E-state index contributed by atoms with van der Waals surface area (Å²) in [5.74, 6) is 3.85. The van der Waals surface area contributed by atoms with Crippen LogP contribution in [-0.4, -0.2) is 11.9 Å². The smallest absolute Gasteiger partial charge is 0.133 e. The zero-order valence-corrected chi connectivity index (χ0v) is 16.5. The lowest BCUT2D eigenvalue weighted by Gasteiger charge is -2.61. The Morgan fingerprint density at radius 3 is 2.58 bits per heavy atom. The predicted molar refractivity (Wildman–Crippen MR) is 94.3 cm³/mol. The second kappa shape index (κ2) is 5.55. The van der Waals surface area contributed by atoms with E-state index in [-0.39, 0.29) is 11.5 Å². The second-order valence-electron chi connectivity index (χ2n) is 10.9. The predicted octanol–water partition coefficient (Wildman–Crippen LogP) is 3.83. The molecule has 5 saturated carbocycles. The van der Waals surface area contributed by atoms with E-state index in [0.29, 0.717) is 22.5 Å². The van der Waals surface area contributed by atoms with Crippen molar-refractivity contribution in [1.29, 1.82) is 0 Å². The highest BCUT2D eigenvalue weighted by atomic mass is 17.5. The molecule has 5 fully saturated rings. The van der Waals surface area contributed by atoms with Gasteiger partial charge in [0.25, 0.3) is 0 Å². The fourth-order valence-corrected chi connectivity index (χ4v) is 9.19. The van der Waals surface area contributed by atoms with Crippen molar-refractivity contribution in [3.8, 4) is 0 Å². The maximum atomic E-state index is 12.3. The monoisotopic (exact) mass is 361 g/mol. The molecule has 26 heavy (non-hydrogen) atoms. The fourth-order valence-electron chi connectivity index (χ4n) is 9.19. The van der Waals surface area contributed by atoms with Crippen LogP contribution < -0.4 is 5.26 Å². The molecule has 0 bridgehead atoms. The third kappa shape index (κ3) is 2.04. The third-order valence-corrected chi connectivity index (χ3v) is 10.4. The highest BCUT2D eigenvalue weighted by Crippen LogP contribution is 2.80. The molecule has 1 spiro atoms. The largest absolute Gasteiger partial charge is 0.692 e. The first kappa shape index (κ1) is 17.6. The average molecular weight is 362 g/mol. The molecular formula is C22H33O4-. The van der Waals surface area contributed by atoms with Gasteiger partial charge in [0.05, 0.1) is 6.10 Å². The topological polar surface area (TPSA) is 58.6 Å². The van der Waals surface area contributed by atoms with Crippen molar-refractivity contribution in [1.82, 2.24) is 0 Å². The molecule has 0 aromatic carbocycles. The Labute approximate surface area is 156 Å². The summed E-state index contributed by atoms with van der Waals surface area (Å²) in [6.45, 7) is 6.80. The van der Waals surface area contributed by atoms with E-state index < -0.39 is 0 Å². The Morgan fingerprint density at radius 1 is 1.04 bits per heavy atom. The van der Waals surface area contributed by atoms with E-state index in [1.807, 2.05) is 6.92 Å². The Kier molecular flexibility index (Phi) is 3.76. The van der Waals surface area contributed by atoms with Crippen LogP contribution >= 0.6 is 0 Å². The zero-order chi connectivity index (χ0) is 18.3. The number of carbonyl (C=O) groups excluding carboxylic acids is 1. The van der Waals surface area contributed by atoms with Gasteiger partial charge < -0.3 is 5.26 Å². The van der Waals surface area contributed by atoms with Gasteiger partial charge in [-0.05, 0) is 105 Å². The third-order valence-electron chi connectivity index (χ3n) is 10.4. The zero-order valence-electron chi connectivity index (χ0n) is 16.5. The van der Waals surface area contributed by atoms with Crippen molar-refractivity contribution < 1.29 is 20.0 Å². The maximum Gasteiger partial charge on any atom is 0.133 e. The fraction of sp³-hybridized carbons (Fsp3) is 0.955. The molecule has 0 aromatic rings. The van der Waals surface area contributed by atoms with Crippen LogP contribution in [0, 0.1) is 45.8 Å². The second-order valence-corrected chi connectivity index (χ2v) is 10.9. The van der Waals surface area contributed by atoms with E-state index in [1.54, 1.807) is 0 Å². The van der Waals surface area contributed by atoms with Crippen LogP contribution in [0.5, 0.6) is 0 Å². The lowest BCUT2D eigenvalue weighted by Crippen LogP contribution is -2.55. The minimum atomic E-state index is -0.00967. The number of ketones is 1. The molecule has 5 aliphatic carbocycles. The summed E-state index contributed by atoms with van der Waals surface area (Å²) in [6, 6.07) is 0. The number of hydrogen-bond acceptors (Lipinski definition) is 4. The molecule has 0 aliphatic heterocycles. The van der Waals surface area contributed by atoms with Crippen LogP contribution in [0.1, 0.15) is 78.6 Å². The summed E-state index contributed by atoms with van der Waals surface area (Å²) in [7, 11) is 0. The molecule has 0 radical (unpaired) electrons. The van der Waals surface area contributed by atoms with Crippen molar-refractivity contribution in [2.45, 2.75) is 84.7 Å². The number of Topliss-reactive ketones (excluding diaryl/α,β-unsaturated/α-hetero) is 1. The molecule has 0 amide bonds. The van der Waals surface area contributed by atoms with E-state index >= 15 is 0 Å². The molecule has 0 heterocycles. The molecule has 0 aromatic heterocycles. The van der Waals surface area contributed by atoms with Crippen LogP contribution in [-0.2, 0) is 14.7 Å². The quantitative estimate of drug-likeness (QED) is 0.566.